The lowest BCUT2D eigenvalue weighted by Gasteiger charge is -2.05. The third-order valence-electron chi connectivity index (χ3n) is 1.80. The molecule has 0 fully saturated rings. The molecule has 0 bridgehead atoms. The summed E-state index contributed by atoms with van der Waals surface area (Å²) >= 11 is 5.59. The largest absolute Gasteiger partial charge is 0.345 e. The van der Waals surface area contributed by atoms with E-state index in [1.807, 2.05) is 0 Å². The molecule has 0 aliphatic carbocycles. The first-order valence-corrected chi connectivity index (χ1v) is 4.73. The molecule has 0 aromatic heterocycles. The second-order valence-corrected chi connectivity index (χ2v) is 3.65. The number of likely N-dealkylation sites (N-methyl/N-ethyl adjacent to an activating group) is 1. The minimum absolute atomic E-state index is 0.0504. The Balaban J connectivity index is 2.81. The molecule has 0 radical (unpaired) electrons. The highest BCUT2D eigenvalue weighted by molar-refractivity contribution is 6.30. The minimum Gasteiger partial charge on any atom is -0.345 e. The third kappa shape index (κ3) is 3.36. The molecular weight excluding hydrogens is 217 g/mol. The van der Waals surface area contributed by atoms with Crippen molar-refractivity contribution >= 4 is 23.6 Å². The summed E-state index contributed by atoms with van der Waals surface area (Å²) in [5.74, 6) is -0.594. The quantitative estimate of drug-likeness (QED) is 0.712. The Morgan fingerprint density at radius 1 is 1.47 bits per heavy atom. The van der Waals surface area contributed by atoms with Gasteiger partial charge in [-0.15, -0.1) is 0 Å². The van der Waals surface area contributed by atoms with Crippen LogP contribution in [-0.2, 0) is 4.79 Å². The molecule has 15 heavy (non-hydrogen) atoms. The van der Waals surface area contributed by atoms with Crippen LogP contribution in [0.2, 0.25) is 5.02 Å². The molecule has 80 valence electrons. The molecule has 0 N–H and O–H groups in total. The third-order valence-corrected chi connectivity index (χ3v) is 2.09. The molecule has 1 aromatic rings. The first-order chi connectivity index (χ1) is 7.00. The molecule has 0 heterocycles. The Kier molecular flexibility index (Phi) is 3.86. The van der Waals surface area contributed by atoms with Crippen LogP contribution in [0.15, 0.2) is 24.3 Å². The fourth-order valence-corrected chi connectivity index (χ4v) is 1.12. The van der Waals surface area contributed by atoms with Crippen molar-refractivity contribution in [3.8, 4) is 0 Å². The van der Waals surface area contributed by atoms with Crippen LogP contribution in [0.4, 0.5) is 4.39 Å². The summed E-state index contributed by atoms with van der Waals surface area (Å²) < 4.78 is 12.8. The fraction of sp³-hybridized carbons (Fsp3) is 0.182. The molecule has 0 aliphatic heterocycles. The molecule has 0 spiro atoms. The molecule has 1 aromatic carbocycles. The number of carbonyl (C=O) groups excluding carboxylic acids is 1. The van der Waals surface area contributed by atoms with Crippen LogP contribution in [0.3, 0.4) is 0 Å². The number of benzene rings is 1. The predicted molar refractivity (Wildman–Crippen MR) is 59.1 cm³/mol. The molecule has 4 heteroatoms. The number of amides is 1. The minimum atomic E-state index is -0.465. The van der Waals surface area contributed by atoms with Crippen LogP contribution in [0.25, 0.3) is 6.08 Å². The Morgan fingerprint density at radius 2 is 2.13 bits per heavy atom. The molecular formula is C11H11ClFNO. The maximum Gasteiger partial charge on any atom is 0.246 e. The van der Waals surface area contributed by atoms with Gasteiger partial charge in [-0.3, -0.25) is 4.79 Å². The van der Waals surface area contributed by atoms with Gasteiger partial charge in [0.05, 0.1) is 5.02 Å². The van der Waals surface area contributed by atoms with E-state index in [1.54, 1.807) is 26.2 Å². The van der Waals surface area contributed by atoms with Crippen molar-refractivity contribution in [1.29, 1.82) is 0 Å². The second-order valence-electron chi connectivity index (χ2n) is 3.24. The summed E-state index contributed by atoms with van der Waals surface area (Å²) in [5.41, 5.74) is 0.691. The van der Waals surface area contributed by atoms with Gasteiger partial charge in [-0.1, -0.05) is 17.7 Å². The first kappa shape index (κ1) is 11.7. The van der Waals surface area contributed by atoms with Crippen molar-refractivity contribution in [2.75, 3.05) is 14.1 Å². The monoisotopic (exact) mass is 227 g/mol. The zero-order chi connectivity index (χ0) is 11.4. The van der Waals surface area contributed by atoms with Crippen molar-refractivity contribution in [3.05, 3.63) is 40.7 Å². The van der Waals surface area contributed by atoms with Gasteiger partial charge in [0.25, 0.3) is 0 Å². The SMILES string of the molecule is CN(C)C(=O)/C=C\c1ccc(F)c(Cl)c1. The van der Waals surface area contributed by atoms with Gasteiger partial charge in [0.15, 0.2) is 0 Å². The van der Waals surface area contributed by atoms with E-state index in [-0.39, 0.29) is 10.9 Å². The number of hydrogen-bond acceptors (Lipinski definition) is 1. The summed E-state index contributed by atoms with van der Waals surface area (Å²) in [7, 11) is 3.31. The van der Waals surface area contributed by atoms with Crippen LogP contribution in [-0.4, -0.2) is 24.9 Å². The van der Waals surface area contributed by atoms with Gasteiger partial charge in [-0.25, -0.2) is 4.39 Å². The average molecular weight is 228 g/mol. The summed E-state index contributed by atoms with van der Waals surface area (Å²) in [5, 5.41) is 0.0504. The molecule has 0 unspecified atom stereocenters. The van der Waals surface area contributed by atoms with E-state index in [0.717, 1.165) is 0 Å². The summed E-state index contributed by atoms with van der Waals surface area (Å²) in [6.45, 7) is 0. The van der Waals surface area contributed by atoms with Crippen LogP contribution < -0.4 is 0 Å². The molecule has 0 saturated carbocycles. The Morgan fingerprint density at radius 3 is 2.67 bits per heavy atom. The van der Waals surface area contributed by atoms with Crippen LogP contribution >= 0.6 is 11.6 Å². The van der Waals surface area contributed by atoms with Gasteiger partial charge in [0, 0.05) is 20.2 Å². The number of hydrogen-bond donors (Lipinski definition) is 0. The van der Waals surface area contributed by atoms with Gasteiger partial charge in [0.2, 0.25) is 5.91 Å². The number of halogens is 2. The van der Waals surface area contributed by atoms with E-state index in [1.165, 1.54) is 23.1 Å². The van der Waals surface area contributed by atoms with Gasteiger partial charge in [-0.05, 0) is 23.8 Å². The maximum absolute atomic E-state index is 12.8. The number of nitrogens with zero attached hydrogens (tertiary/aromatic N) is 1. The van der Waals surface area contributed by atoms with Crippen molar-refractivity contribution in [3.63, 3.8) is 0 Å². The summed E-state index contributed by atoms with van der Waals surface area (Å²) in [6.07, 6.45) is 3.00. The lowest BCUT2D eigenvalue weighted by atomic mass is 10.2. The van der Waals surface area contributed by atoms with E-state index in [2.05, 4.69) is 0 Å². The van der Waals surface area contributed by atoms with Crippen molar-refractivity contribution in [2.24, 2.45) is 0 Å². The molecule has 0 aliphatic rings. The van der Waals surface area contributed by atoms with Crippen molar-refractivity contribution < 1.29 is 9.18 Å². The van der Waals surface area contributed by atoms with Gasteiger partial charge in [0.1, 0.15) is 5.82 Å². The number of rotatable bonds is 2. The van der Waals surface area contributed by atoms with Gasteiger partial charge < -0.3 is 4.90 Å². The Bertz CT molecular complexity index is 402. The van der Waals surface area contributed by atoms with Crippen molar-refractivity contribution in [1.82, 2.24) is 4.90 Å². The summed E-state index contributed by atoms with van der Waals surface area (Å²) in [6, 6.07) is 4.29. The normalized spacial score (nSPS) is 10.7. The Labute approximate surface area is 93.0 Å². The van der Waals surface area contributed by atoms with E-state index in [4.69, 9.17) is 11.6 Å². The summed E-state index contributed by atoms with van der Waals surface area (Å²) in [4.78, 5) is 12.6. The highest BCUT2D eigenvalue weighted by atomic mass is 35.5. The average Bonchev–Trinajstić information content (AvgIpc) is 2.19. The van der Waals surface area contributed by atoms with Gasteiger partial charge >= 0.3 is 0 Å². The zero-order valence-electron chi connectivity index (χ0n) is 8.50. The number of carbonyl (C=O) groups is 1. The molecule has 0 atom stereocenters. The first-order valence-electron chi connectivity index (χ1n) is 4.35. The predicted octanol–water partition coefficient (Wildman–Crippen LogP) is 2.58. The lowest BCUT2D eigenvalue weighted by molar-refractivity contribution is -0.123. The highest BCUT2D eigenvalue weighted by Gasteiger charge is 2.00. The molecule has 1 amide bonds. The van der Waals surface area contributed by atoms with E-state index in [0.29, 0.717) is 5.56 Å². The lowest BCUT2D eigenvalue weighted by Crippen LogP contribution is -2.18. The second kappa shape index (κ2) is 4.94. The topological polar surface area (TPSA) is 20.3 Å². The highest BCUT2D eigenvalue weighted by Crippen LogP contribution is 2.16. The van der Waals surface area contributed by atoms with Crippen molar-refractivity contribution in [2.45, 2.75) is 0 Å². The fourth-order valence-electron chi connectivity index (χ4n) is 0.933. The van der Waals surface area contributed by atoms with E-state index in [9.17, 15) is 9.18 Å². The standard InChI is InChI=1S/C11H11ClFNO/c1-14(2)11(15)6-4-8-3-5-10(13)9(12)7-8/h3-7H,1-2H3/b6-4-. The molecule has 1 rings (SSSR count). The van der Waals surface area contributed by atoms with E-state index < -0.39 is 5.82 Å². The zero-order valence-corrected chi connectivity index (χ0v) is 9.25. The van der Waals surface area contributed by atoms with Gasteiger partial charge in [-0.2, -0.15) is 0 Å². The smallest absolute Gasteiger partial charge is 0.246 e. The molecule has 0 saturated heterocycles. The van der Waals surface area contributed by atoms with Crippen LogP contribution in [0.5, 0.6) is 0 Å². The van der Waals surface area contributed by atoms with Crippen LogP contribution in [0.1, 0.15) is 5.56 Å². The van der Waals surface area contributed by atoms with Crippen LogP contribution in [0, 0.1) is 5.82 Å². The Hall–Kier alpha value is -1.35. The maximum atomic E-state index is 12.8. The molecule has 2 nitrogen and oxygen atoms in total. The van der Waals surface area contributed by atoms with E-state index >= 15 is 0 Å².